The first-order valence-electron chi connectivity index (χ1n) is 5.10. The Bertz CT molecular complexity index is 443. The number of rotatable bonds is 2. The Balaban J connectivity index is 2.25. The third kappa shape index (κ3) is 1.80. The van der Waals surface area contributed by atoms with Gasteiger partial charge in [-0.25, -0.2) is 4.98 Å². The maximum atomic E-state index is 4.31. The maximum absolute atomic E-state index is 4.31. The number of hydrogen-bond acceptors (Lipinski definition) is 4. The molecule has 0 radical (unpaired) electrons. The summed E-state index contributed by atoms with van der Waals surface area (Å²) in [5, 5.41) is 6.32. The Hall–Kier alpha value is -2.15. The molecule has 16 heavy (non-hydrogen) atoms. The van der Waals surface area contributed by atoms with Crippen molar-refractivity contribution >= 4 is 5.82 Å². The molecule has 1 unspecified atom stereocenters. The van der Waals surface area contributed by atoms with Crippen molar-refractivity contribution in [3.05, 3.63) is 36.8 Å². The molecule has 2 heterocycles. The van der Waals surface area contributed by atoms with Crippen molar-refractivity contribution in [3.63, 3.8) is 0 Å². The molecule has 0 aromatic carbocycles. The van der Waals surface area contributed by atoms with Crippen LogP contribution in [0, 0.1) is 12.0 Å². The van der Waals surface area contributed by atoms with Crippen LogP contribution in [0.15, 0.2) is 36.8 Å². The fourth-order valence-electron chi connectivity index (χ4n) is 1.57. The average Bonchev–Trinajstić information content (AvgIpc) is 2.70. The van der Waals surface area contributed by atoms with Crippen LogP contribution in [0.1, 0.15) is 13.8 Å². The molecule has 4 nitrogen and oxygen atoms in total. The number of pyridine rings is 1. The van der Waals surface area contributed by atoms with Gasteiger partial charge in [-0.3, -0.25) is 4.90 Å². The van der Waals surface area contributed by atoms with Gasteiger partial charge in [-0.05, 0) is 26.0 Å². The first-order valence-corrected chi connectivity index (χ1v) is 5.10. The summed E-state index contributed by atoms with van der Waals surface area (Å²) >= 11 is 0. The molecule has 0 spiro atoms. The second-order valence-electron chi connectivity index (χ2n) is 3.59. The topological polar surface area (TPSA) is 40.2 Å². The summed E-state index contributed by atoms with van der Waals surface area (Å²) in [6.45, 7) is 3.80. The molecule has 1 atom stereocenters. The van der Waals surface area contributed by atoms with Gasteiger partial charge < -0.3 is 10.6 Å². The third-order valence-corrected chi connectivity index (χ3v) is 2.40. The number of nitrogens with zero attached hydrogens (tertiary/aromatic N) is 2. The number of hydrogen-bond donors (Lipinski definition) is 2. The molecule has 0 fully saturated rings. The normalized spacial score (nSPS) is 22.2. The van der Waals surface area contributed by atoms with Crippen LogP contribution in [0.3, 0.4) is 0 Å². The molecule has 1 aromatic heterocycles. The van der Waals surface area contributed by atoms with Crippen LogP contribution in [0.25, 0.3) is 0 Å². The highest BCUT2D eigenvalue weighted by atomic mass is 15.5. The first kappa shape index (κ1) is 10.4. The molecule has 1 aliphatic rings. The van der Waals surface area contributed by atoms with E-state index in [-0.39, 0.29) is 0 Å². The highest BCUT2D eigenvalue weighted by molar-refractivity contribution is 5.47. The smallest absolute Gasteiger partial charge is 0.195 e. The Morgan fingerprint density at radius 3 is 3.06 bits per heavy atom. The quantitative estimate of drug-likeness (QED) is 0.573. The minimum atomic E-state index is -0.447. The second-order valence-corrected chi connectivity index (χ2v) is 3.59. The zero-order valence-electron chi connectivity index (χ0n) is 9.36. The molecular formula is C12H14N4. The Labute approximate surface area is 95.4 Å². The van der Waals surface area contributed by atoms with Crippen molar-refractivity contribution in [3.8, 4) is 12.0 Å². The van der Waals surface area contributed by atoms with Gasteiger partial charge in [0.05, 0.1) is 0 Å². The van der Waals surface area contributed by atoms with Crippen molar-refractivity contribution in [2.24, 2.45) is 0 Å². The van der Waals surface area contributed by atoms with Crippen LogP contribution >= 0.6 is 0 Å². The van der Waals surface area contributed by atoms with E-state index >= 15 is 0 Å². The van der Waals surface area contributed by atoms with Crippen molar-refractivity contribution in [2.75, 3.05) is 4.90 Å². The molecular weight excluding hydrogens is 200 g/mol. The van der Waals surface area contributed by atoms with E-state index in [9.17, 15) is 0 Å². The summed E-state index contributed by atoms with van der Waals surface area (Å²) in [5.74, 6) is 3.24. The SMILES string of the molecule is CC#CNC1(C)NC=CN1c1ccccn1. The van der Waals surface area contributed by atoms with Gasteiger partial charge in [0.1, 0.15) is 5.82 Å². The Morgan fingerprint density at radius 2 is 2.38 bits per heavy atom. The van der Waals surface area contributed by atoms with Crippen LogP contribution in [-0.4, -0.2) is 10.8 Å². The fourth-order valence-corrected chi connectivity index (χ4v) is 1.57. The number of nitrogens with one attached hydrogen (secondary N) is 2. The van der Waals surface area contributed by atoms with Gasteiger partial charge in [0.2, 0.25) is 0 Å². The summed E-state index contributed by atoms with van der Waals surface area (Å²) in [4.78, 5) is 6.31. The minimum absolute atomic E-state index is 0.447. The minimum Gasteiger partial charge on any atom is -0.350 e. The van der Waals surface area contributed by atoms with E-state index < -0.39 is 5.79 Å². The van der Waals surface area contributed by atoms with Crippen molar-refractivity contribution in [2.45, 2.75) is 19.6 Å². The Kier molecular flexibility index (Phi) is 2.69. The lowest BCUT2D eigenvalue weighted by Gasteiger charge is -2.34. The van der Waals surface area contributed by atoms with Gasteiger partial charge in [0, 0.05) is 24.6 Å². The fraction of sp³-hybridized carbons (Fsp3) is 0.250. The summed E-state index contributed by atoms with van der Waals surface area (Å²) in [6.07, 6.45) is 5.58. The van der Waals surface area contributed by atoms with Crippen molar-refractivity contribution in [1.29, 1.82) is 0 Å². The molecule has 0 aliphatic carbocycles. The van der Waals surface area contributed by atoms with E-state index in [1.165, 1.54) is 0 Å². The lowest BCUT2D eigenvalue weighted by molar-refractivity contribution is 0.388. The lowest BCUT2D eigenvalue weighted by atomic mass is 10.3. The van der Waals surface area contributed by atoms with Crippen LogP contribution in [0.5, 0.6) is 0 Å². The molecule has 1 aromatic rings. The first-order chi connectivity index (χ1) is 7.76. The molecule has 0 saturated carbocycles. The number of aromatic nitrogens is 1. The third-order valence-electron chi connectivity index (χ3n) is 2.40. The van der Waals surface area contributed by atoms with E-state index in [1.807, 2.05) is 42.4 Å². The molecule has 2 N–H and O–H groups in total. The van der Waals surface area contributed by atoms with Gasteiger partial charge in [0.15, 0.2) is 5.79 Å². The zero-order chi connectivity index (χ0) is 11.4. The van der Waals surface area contributed by atoms with Crippen LogP contribution in [0.4, 0.5) is 5.82 Å². The summed E-state index contributed by atoms with van der Waals surface area (Å²) in [6, 6.07) is 8.67. The summed E-state index contributed by atoms with van der Waals surface area (Å²) in [5.41, 5.74) is 0. The van der Waals surface area contributed by atoms with E-state index in [2.05, 4.69) is 27.6 Å². The predicted octanol–water partition coefficient (Wildman–Crippen LogP) is 1.21. The molecule has 1 aliphatic heterocycles. The molecule has 0 saturated heterocycles. The van der Waals surface area contributed by atoms with E-state index in [4.69, 9.17) is 0 Å². The highest BCUT2D eigenvalue weighted by Crippen LogP contribution is 2.21. The molecule has 2 rings (SSSR count). The predicted molar refractivity (Wildman–Crippen MR) is 64.0 cm³/mol. The number of anilines is 1. The monoisotopic (exact) mass is 214 g/mol. The largest absolute Gasteiger partial charge is 0.350 e. The van der Waals surface area contributed by atoms with Gasteiger partial charge >= 0.3 is 0 Å². The molecule has 82 valence electrons. The maximum Gasteiger partial charge on any atom is 0.195 e. The second kappa shape index (κ2) is 4.15. The summed E-state index contributed by atoms with van der Waals surface area (Å²) < 4.78 is 0. The highest BCUT2D eigenvalue weighted by Gasteiger charge is 2.33. The van der Waals surface area contributed by atoms with Gasteiger partial charge in [-0.15, -0.1) is 0 Å². The van der Waals surface area contributed by atoms with Crippen molar-refractivity contribution < 1.29 is 0 Å². The average molecular weight is 214 g/mol. The Morgan fingerprint density at radius 1 is 1.50 bits per heavy atom. The molecule has 0 bridgehead atoms. The lowest BCUT2D eigenvalue weighted by Crippen LogP contribution is -2.58. The van der Waals surface area contributed by atoms with Gasteiger partial charge in [-0.2, -0.15) is 0 Å². The van der Waals surface area contributed by atoms with Gasteiger partial charge in [-0.1, -0.05) is 12.0 Å². The van der Waals surface area contributed by atoms with E-state index in [0.29, 0.717) is 0 Å². The van der Waals surface area contributed by atoms with Crippen LogP contribution < -0.4 is 15.5 Å². The van der Waals surface area contributed by atoms with E-state index in [1.54, 1.807) is 13.1 Å². The van der Waals surface area contributed by atoms with Gasteiger partial charge in [0.25, 0.3) is 0 Å². The standard InChI is InChI=1S/C12H14N4/c1-3-7-14-12(2)15-9-10-16(12)11-6-4-5-8-13-11/h4-6,8-10,14-15H,1-2H3. The van der Waals surface area contributed by atoms with E-state index in [0.717, 1.165) is 5.82 Å². The summed E-state index contributed by atoms with van der Waals surface area (Å²) in [7, 11) is 0. The van der Waals surface area contributed by atoms with Crippen LogP contribution in [-0.2, 0) is 0 Å². The van der Waals surface area contributed by atoms with Crippen LogP contribution in [0.2, 0.25) is 0 Å². The molecule has 0 amide bonds. The van der Waals surface area contributed by atoms with Crippen molar-refractivity contribution in [1.82, 2.24) is 15.6 Å². The molecule has 4 heteroatoms. The zero-order valence-corrected chi connectivity index (χ0v) is 9.36.